The number of alkyl halides is 1. The quantitative estimate of drug-likeness (QED) is 0.159. The highest BCUT2D eigenvalue weighted by Gasteiger charge is 2.45. The summed E-state index contributed by atoms with van der Waals surface area (Å²) in [5.74, 6) is -0.684. The summed E-state index contributed by atoms with van der Waals surface area (Å²) in [5, 5.41) is 12.1. The smallest absolute Gasteiger partial charge is 0.459 e. The van der Waals surface area contributed by atoms with Crippen molar-refractivity contribution in [2.24, 2.45) is 0 Å². The lowest BCUT2D eigenvalue weighted by Gasteiger charge is -2.25. The van der Waals surface area contributed by atoms with Crippen molar-refractivity contribution >= 4 is 49.8 Å². The van der Waals surface area contributed by atoms with Gasteiger partial charge < -0.3 is 24.1 Å². The van der Waals surface area contributed by atoms with Crippen LogP contribution in [0.3, 0.4) is 0 Å². The van der Waals surface area contributed by atoms with E-state index in [-0.39, 0.29) is 10.5 Å². The first-order valence-corrected chi connectivity index (χ1v) is 13.8. The van der Waals surface area contributed by atoms with Crippen molar-refractivity contribution < 1.29 is 35.7 Å². The van der Waals surface area contributed by atoms with Crippen LogP contribution in [0.4, 0.5) is 0 Å². The van der Waals surface area contributed by atoms with Gasteiger partial charge in [-0.25, -0.2) is 4.57 Å². The second-order valence-electron chi connectivity index (χ2n) is 8.31. The number of carbonyl (C=O) groups excluding carboxylic acids is 1. The van der Waals surface area contributed by atoms with Gasteiger partial charge in [-0.1, -0.05) is 30.4 Å². The minimum Gasteiger partial charge on any atom is -0.462 e. The van der Waals surface area contributed by atoms with Crippen molar-refractivity contribution in [2.45, 2.75) is 63.7 Å². The molecule has 1 saturated heterocycles. The van der Waals surface area contributed by atoms with Gasteiger partial charge in [-0.05, 0) is 52.0 Å². The second-order valence-corrected chi connectivity index (χ2v) is 11.2. The fourth-order valence-corrected chi connectivity index (χ4v) is 5.32. The number of aromatic nitrogens is 2. The fourth-order valence-electron chi connectivity index (χ4n) is 3.17. The monoisotopic (exact) mass is 579 g/mol. The molecule has 0 aliphatic carbocycles. The second kappa shape index (κ2) is 12.3. The number of esters is 1. The Kier molecular flexibility index (Phi) is 8.86. The van der Waals surface area contributed by atoms with Gasteiger partial charge in [0.2, 0.25) is 0 Å². The molecule has 1 aliphatic heterocycles. The van der Waals surface area contributed by atoms with Crippen molar-refractivity contribution in [1.29, 1.82) is 0 Å². The van der Waals surface area contributed by atoms with Crippen LogP contribution in [-0.4, -0.2) is 56.9 Å². The van der Waals surface area contributed by atoms with Crippen LogP contribution in [-0.2, 0) is 23.4 Å². The average molecular weight is 580 g/mol. The Hall–Kier alpha value is -1.63. The number of H-pyrrole nitrogens is 1. The van der Waals surface area contributed by atoms with Crippen LogP contribution in [0.15, 0.2) is 36.5 Å². The molecule has 1 fully saturated rings. The third-order valence-corrected chi connectivity index (χ3v) is 7.64. The first-order chi connectivity index (χ1) is 17.6. The van der Waals surface area contributed by atoms with E-state index in [1.807, 2.05) is 0 Å². The Labute approximate surface area is 227 Å². The lowest BCUT2D eigenvalue weighted by molar-refractivity contribution is -0.149. The van der Waals surface area contributed by atoms with E-state index in [2.05, 4.69) is 10.1 Å². The van der Waals surface area contributed by atoms with E-state index in [1.165, 1.54) is 23.6 Å². The zero-order valence-electron chi connectivity index (χ0n) is 21.9. The standard InChI is InChI=1S/C22H29ClN3O7PS2/c1-12(2)31-21(28)14(4)25-34(29,33-15-8-6-5-7-9-15)30-11-16-18(27)17(23)20(32-16)26-10-13(3)19(35)24-22(26)36/h5-10,12,14,16-18,20,27H,11H2,1-4H3,(H,25,29)(H,24,35,36)/t14-,16-,17+,18?,20-,34-/m0/s1/i11D2. The molecule has 2 aromatic rings. The number of ether oxygens (including phenoxy) is 2. The fraction of sp³-hybridized carbons (Fsp3) is 0.500. The number of nitrogens with one attached hydrogen (secondary N) is 2. The Morgan fingerprint density at radius 1 is 1.36 bits per heavy atom. The van der Waals surface area contributed by atoms with Gasteiger partial charge in [0.1, 0.15) is 34.0 Å². The van der Waals surface area contributed by atoms with Crippen LogP contribution in [0.25, 0.3) is 0 Å². The number of aryl methyl sites for hydroxylation is 1. The van der Waals surface area contributed by atoms with Crippen LogP contribution in [0.5, 0.6) is 5.75 Å². The molecule has 3 N–H and O–H groups in total. The van der Waals surface area contributed by atoms with Crippen molar-refractivity contribution in [3.8, 4) is 5.75 Å². The zero-order chi connectivity index (χ0) is 28.4. The van der Waals surface area contributed by atoms with Gasteiger partial charge in [-0.3, -0.25) is 13.9 Å². The van der Waals surface area contributed by atoms with Crippen molar-refractivity contribution in [3.05, 3.63) is 51.5 Å². The Bertz CT molecular complexity index is 1310. The van der Waals surface area contributed by atoms with Crippen LogP contribution < -0.4 is 9.61 Å². The number of aliphatic hydroxyl groups is 1. The largest absolute Gasteiger partial charge is 0.462 e. The van der Waals surface area contributed by atoms with Gasteiger partial charge >= 0.3 is 13.7 Å². The molecule has 3 rings (SSSR count). The molecule has 1 unspecified atom stereocenters. The number of para-hydroxylation sites is 1. The number of halogens is 1. The van der Waals surface area contributed by atoms with Gasteiger partial charge in [0, 0.05) is 11.8 Å². The van der Waals surface area contributed by atoms with Gasteiger partial charge in [0.15, 0.2) is 11.0 Å². The van der Waals surface area contributed by atoms with Gasteiger partial charge in [0.05, 0.1) is 15.4 Å². The maximum Gasteiger partial charge on any atom is 0.459 e. The number of nitrogens with zero attached hydrogens (tertiary/aromatic N) is 1. The van der Waals surface area contributed by atoms with Crippen molar-refractivity contribution in [1.82, 2.24) is 14.6 Å². The highest BCUT2D eigenvalue weighted by atomic mass is 35.5. The number of benzene rings is 1. The zero-order valence-corrected chi connectivity index (χ0v) is 23.2. The molecule has 1 aliphatic rings. The minimum absolute atomic E-state index is 0.0749. The summed E-state index contributed by atoms with van der Waals surface area (Å²) >= 11 is 16.9. The summed E-state index contributed by atoms with van der Waals surface area (Å²) in [6.07, 6.45) is -3.34. The number of rotatable bonds is 10. The molecule has 0 radical (unpaired) electrons. The molecule has 6 atom stereocenters. The molecule has 36 heavy (non-hydrogen) atoms. The van der Waals surface area contributed by atoms with E-state index in [1.54, 1.807) is 45.2 Å². The van der Waals surface area contributed by atoms with E-state index < -0.39 is 56.2 Å². The summed E-state index contributed by atoms with van der Waals surface area (Å²) in [5.41, 5.74) is 0.644. The van der Waals surface area contributed by atoms with Crippen LogP contribution in [0.2, 0.25) is 0 Å². The van der Waals surface area contributed by atoms with E-state index in [0.29, 0.717) is 10.2 Å². The lowest BCUT2D eigenvalue weighted by atomic mass is 10.2. The summed E-state index contributed by atoms with van der Waals surface area (Å²) in [6.45, 7) is 3.45. The molecule has 0 spiro atoms. The van der Waals surface area contributed by atoms with Crippen LogP contribution in [0.1, 0.15) is 35.3 Å². The number of hydrogen-bond acceptors (Lipinski definition) is 9. The molecule has 1 aromatic heterocycles. The SMILES string of the molecule is [2H]C([2H])(O[P@@](=O)(N[C@@H](C)C(=O)OC(C)C)Oc1ccccc1)[C@@H]1O[C@H](n2cc(C)c(=S)[nH]c2=S)[C@H](Cl)C1O. The minimum atomic E-state index is -4.64. The first kappa shape index (κ1) is 26.0. The third-order valence-electron chi connectivity index (χ3n) is 4.93. The maximum absolute atomic E-state index is 13.8. The number of aromatic amines is 1. The predicted molar refractivity (Wildman–Crippen MR) is 139 cm³/mol. The van der Waals surface area contributed by atoms with Crippen LogP contribution in [0, 0.1) is 16.3 Å². The number of aliphatic hydroxyl groups excluding tert-OH is 1. The highest BCUT2D eigenvalue weighted by Crippen LogP contribution is 2.46. The van der Waals surface area contributed by atoms with E-state index >= 15 is 0 Å². The summed E-state index contributed by atoms with van der Waals surface area (Å²) in [4.78, 5) is 15.2. The van der Waals surface area contributed by atoms with E-state index in [9.17, 15) is 14.5 Å². The van der Waals surface area contributed by atoms with Gasteiger partial charge in [-0.15, -0.1) is 11.6 Å². The summed E-state index contributed by atoms with van der Waals surface area (Å²) < 4.78 is 54.6. The molecular formula is C22H29ClN3O7PS2. The molecule has 2 heterocycles. The summed E-state index contributed by atoms with van der Waals surface area (Å²) in [7, 11) is -4.64. The highest BCUT2D eigenvalue weighted by molar-refractivity contribution is 7.72. The van der Waals surface area contributed by atoms with E-state index in [0.717, 1.165) is 0 Å². The first-order valence-electron chi connectivity index (χ1n) is 12.0. The maximum atomic E-state index is 13.8. The lowest BCUT2D eigenvalue weighted by Crippen LogP contribution is -2.37. The molecule has 0 saturated carbocycles. The third kappa shape index (κ3) is 7.23. The van der Waals surface area contributed by atoms with Gasteiger partial charge in [-0.2, -0.15) is 5.09 Å². The molecule has 14 heteroatoms. The molecule has 0 amide bonds. The van der Waals surface area contributed by atoms with Gasteiger partial charge in [0.25, 0.3) is 0 Å². The summed E-state index contributed by atoms with van der Waals surface area (Å²) in [6, 6.07) is 6.64. The number of carbonyl (C=O) groups is 1. The molecular weight excluding hydrogens is 549 g/mol. The topological polar surface area (TPSA) is 124 Å². The van der Waals surface area contributed by atoms with Crippen LogP contribution >= 0.6 is 43.8 Å². The Balaban J connectivity index is 1.90. The Morgan fingerprint density at radius 3 is 2.67 bits per heavy atom. The van der Waals surface area contributed by atoms with Crippen molar-refractivity contribution in [3.63, 3.8) is 0 Å². The predicted octanol–water partition coefficient (Wildman–Crippen LogP) is 4.58. The Morgan fingerprint density at radius 2 is 2.03 bits per heavy atom. The number of hydrogen-bond donors (Lipinski definition) is 3. The normalized spacial score (nSPS) is 25.5. The van der Waals surface area contributed by atoms with E-state index in [4.69, 9.17) is 57.3 Å². The molecule has 198 valence electrons. The van der Waals surface area contributed by atoms with Crippen molar-refractivity contribution in [2.75, 3.05) is 6.56 Å². The average Bonchev–Trinajstić information content (AvgIpc) is 3.11. The molecule has 0 bridgehead atoms. The molecule has 10 nitrogen and oxygen atoms in total. The molecule has 1 aromatic carbocycles.